The van der Waals surface area contributed by atoms with Crippen LogP contribution in [0.15, 0.2) is 69.8 Å². The summed E-state index contributed by atoms with van der Waals surface area (Å²) >= 11 is 7.73. The van der Waals surface area contributed by atoms with Crippen LogP contribution in [0.1, 0.15) is 51.2 Å². The minimum Gasteiger partial charge on any atom is -0.478 e. The third kappa shape index (κ3) is 5.74. The molecule has 2 aromatic heterocycles. The summed E-state index contributed by atoms with van der Waals surface area (Å²) in [4.78, 5) is 22.1. The Balaban J connectivity index is 1.48. The Labute approximate surface area is 262 Å². The van der Waals surface area contributed by atoms with Gasteiger partial charge in [-0.05, 0) is 42.8 Å². The molecule has 4 heterocycles. The molecule has 17 heteroatoms. The zero-order valence-corrected chi connectivity index (χ0v) is 25.3. The lowest BCUT2D eigenvalue weighted by atomic mass is 9.92. The van der Waals surface area contributed by atoms with E-state index in [4.69, 9.17) is 16.6 Å². The van der Waals surface area contributed by atoms with Gasteiger partial charge in [0.05, 0.1) is 16.2 Å². The van der Waals surface area contributed by atoms with Gasteiger partial charge in [0.2, 0.25) is 10.0 Å². The van der Waals surface area contributed by atoms with E-state index >= 15 is 0 Å². The number of nitrogens with zero attached hydrogens (tertiary/aromatic N) is 5. The Morgan fingerprint density at radius 2 is 1.98 bits per heavy atom. The van der Waals surface area contributed by atoms with E-state index in [-0.39, 0.29) is 29.2 Å². The molecule has 0 amide bonds. The van der Waals surface area contributed by atoms with Gasteiger partial charge in [-0.2, -0.15) is 13.9 Å². The van der Waals surface area contributed by atoms with E-state index < -0.39 is 56.7 Å². The standard InChI is InChI=1S/C28H21ClF4N6O4S2/c1-13-8-19(31)17(27(40)41)11-22(13)45(42,43)37-15-10-21-23(20-4-6-39(36-20)28(32)33)24(16-3-2-14(30)9-18(16)29)35-25(38(21)12-15)26-34-5-7-44-26/h2-9,11,15,24,28,37H,10,12H2,1H3,(H,40,41)/t15-,24-/m0/s1. The first kappa shape index (κ1) is 30.9. The molecule has 2 N–H and O–H groups in total. The van der Waals surface area contributed by atoms with Crippen molar-refractivity contribution >= 4 is 50.3 Å². The zero-order chi connectivity index (χ0) is 32.2. The smallest absolute Gasteiger partial charge is 0.338 e. The number of aromatic carboxylic acids is 1. The molecule has 0 bridgehead atoms. The van der Waals surface area contributed by atoms with Crippen LogP contribution in [-0.2, 0) is 10.0 Å². The van der Waals surface area contributed by atoms with Crippen LogP contribution in [0.4, 0.5) is 17.6 Å². The lowest BCUT2D eigenvalue weighted by Gasteiger charge is -2.32. The lowest BCUT2D eigenvalue weighted by Crippen LogP contribution is -2.39. The van der Waals surface area contributed by atoms with E-state index in [0.717, 1.165) is 24.4 Å². The molecule has 0 aliphatic carbocycles. The van der Waals surface area contributed by atoms with Gasteiger partial charge in [-0.1, -0.05) is 17.7 Å². The maximum absolute atomic E-state index is 14.2. The third-order valence-electron chi connectivity index (χ3n) is 7.33. The summed E-state index contributed by atoms with van der Waals surface area (Å²) in [5.74, 6) is -2.96. The number of fused-ring (bicyclic) bond motifs is 1. The second kappa shape index (κ2) is 11.7. The molecular weight excluding hydrogens is 660 g/mol. The summed E-state index contributed by atoms with van der Waals surface area (Å²) in [6.07, 6.45) is 2.66. The molecule has 1 saturated heterocycles. The second-order valence-electron chi connectivity index (χ2n) is 10.2. The fourth-order valence-corrected chi connectivity index (χ4v) is 7.81. The first-order valence-electron chi connectivity index (χ1n) is 13.2. The van der Waals surface area contributed by atoms with Gasteiger partial charge >= 0.3 is 12.5 Å². The largest absolute Gasteiger partial charge is 0.478 e. The highest BCUT2D eigenvalue weighted by Crippen LogP contribution is 2.46. The van der Waals surface area contributed by atoms with Crippen LogP contribution in [0.2, 0.25) is 5.02 Å². The Kier molecular flexibility index (Phi) is 8.01. The molecule has 2 aliphatic rings. The molecule has 2 aromatic carbocycles. The summed E-state index contributed by atoms with van der Waals surface area (Å²) in [5, 5.41) is 15.6. The highest BCUT2D eigenvalue weighted by molar-refractivity contribution is 7.89. The van der Waals surface area contributed by atoms with Crippen molar-refractivity contribution < 1.29 is 35.9 Å². The molecule has 6 rings (SSSR count). The van der Waals surface area contributed by atoms with Gasteiger partial charge in [0, 0.05) is 58.6 Å². The Morgan fingerprint density at radius 3 is 2.62 bits per heavy atom. The molecule has 2 atom stereocenters. The number of nitrogens with one attached hydrogen (secondary N) is 1. The van der Waals surface area contributed by atoms with Crippen molar-refractivity contribution in [3.8, 4) is 0 Å². The first-order valence-corrected chi connectivity index (χ1v) is 15.9. The number of rotatable bonds is 8. The van der Waals surface area contributed by atoms with Gasteiger partial charge in [-0.3, -0.25) is 4.99 Å². The number of benzene rings is 2. The number of hydrogen-bond donors (Lipinski definition) is 2. The molecule has 0 unspecified atom stereocenters. The number of aromatic nitrogens is 3. The van der Waals surface area contributed by atoms with Gasteiger partial charge in [0.1, 0.15) is 17.7 Å². The molecular formula is C28H21ClF4N6O4S2. The van der Waals surface area contributed by atoms with Gasteiger partial charge in [-0.25, -0.2) is 36.4 Å². The molecule has 0 saturated carbocycles. The number of aliphatic imine (C=N–C) groups is 1. The van der Waals surface area contributed by atoms with Crippen molar-refractivity contribution in [3.63, 3.8) is 0 Å². The quantitative estimate of drug-likeness (QED) is 0.231. The zero-order valence-electron chi connectivity index (χ0n) is 23.0. The first-order chi connectivity index (χ1) is 21.3. The lowest BCUT2D eigenvalue weighted by molar-refractivity contribution is 0.0564. The highest BCUT2D eigenvalue weighted by atomic mass is 35.5. The van der Waals surface area contributed by atoms with Crippen molar-refractivity contribution in [2.24, 2.45) is 4.99 Å². The van der Waals surface area contributed by atoms with Crippen LogP contribution in [0.3, 0.4) is 0 Å². The number of alkyl halides is 2. The van der Waals surface area contributed by atoms with Gasteiger partial charge in [0.25, 0.3) is 0 Å². The van der Waals surface area contributed by atoms with Crippen molar-refractivity contribution in [1.29, 1.82) is 0 Å². The van der Waals surface area contributed by atoms with E-state index in [0.29, 0.717) is 32.4 Å². The Morgan fingerprint density at radius 1 is 1.20 bits per heavy atom. The molecule has 0 spiro atoms. The fourth-order valence-electron chi connectivity index (χ4n) is 5.42. The number of aryl methyl sites for hydroxylation is 1. The number of carboxylic acid groups (broad SMARTS) is 1. The van der Waals surface area contributed by atoms with E-state index in [1.165, 1.54) is 36.5 Å². The van der Waals surface area contributed by atoms with Crippen LogP contribution < -0.4 is 4.72 Å². The van der Waals surface area contributed by atoms with Gasteiger partial charge < -0.3 is 10.0 Å². The number of carbonyl (C=O) groups is 1. The minimum absolute atomic E-state index is 0.00536. The van der Waals surface area contributed by atoms with Crippen LogP contribution in [0, 0.1) is 18.6 Å². The van der Waals surface area contributed by atoms with Gasteiger partial charge in [0.15, 0.2) is 10.8 Å². The maximum atomic E-state index is 14.2. The summed E-state index contributed by atoms with van der Waals surface area (Å²) in [7, 11) is -4.39. The molecule has 45 heavy (non-hydrogen) atoms. The monoisotopic (exact) mass is 680 g/mol. The predicted octanol–water partition coefficient (Wildman–Crippen LogP) is 5.64. The van der Waals surface area contributed by atoms with Crippen LogP contribution in [0.5, 0.6) is 0 Å². The van der Waals surface area contributed by atoms with Crippen LogP contribution in [0.25, 0.3) is 5.57 Å². The van der Waals surface area contributed by atoms with Crippen molar-refractivity contribution in [1.82, 2.24) is 24.4 Å². The number of thiazole rings is 1. The molecule has 0 radical (unpaired) electrons. The predicted molar refractivity (Wildman–Crippen MR) is 157 cm³/mol. The number of carboxylic acids is 1. The molecule has 234 valence electrons. The normalized spacial score (nSPS) is 18.5. The van der Waals surface area contributed by atoms with Crippen LogP contribution in [-0.4, -0.2) is 57.6 Å². The number of hydrogen-bond acceptors (Lipinski definition) is 8. The van der Waals surface area contributed by atoms with Crippen LogP contribution >= 0.6 is 22.9 Å². The third-order valence-corrected chi connectivity index (χ3v) is 10.1. The fraction of sp³-hybridized carbons (Fsp3) is 0.214. The summed E-state index contributed by atoms with van der Waals surface area (Å²) < 4.78 is 85.6. The number of amidine groups is 1. The second-order valence-corrected chi connectivity index (χ2v) is 13.2. The van der Waals surface area contributed by atoms with E-state index in [1.54, 1.807) is 16.5 Å². The minimum atomic E-state index is -4.39. The number of halogens is 5. The average Bonchev–Trinajstić information content (AvgIpc) is 3.73. The van der Waals surface area contributed by atoms with Crippen molar-refractivity contribution in [2.45, 2.75) is 36.9 Å². The van der Waals surface area contributed by atoms with Gasteiger partial charge in [-0.15, -0.1) is 11.3 Å². The molecule has 10 nitrogen and oxygen atoms in total. The van der Waals surface area contributed by atoms with E-state index in [9.17, 15) is 35.9 Å². The SMILES string of the molecule is Cc1cc(F)c(C(=O)O)cc1S(=O)(=O)N[C@H]1CC2=C(c3ccn(C(F)F)n3)[C@H](c3ccc(F)cc3Cl)N=C(c3nccs3)N2C1. The van der Waals surface area contributed by atoms with Crippen molar-refractivity contribution in [3.05, 3.63) is 104 Å². The number of sulfonamides is 1. The maximum Gasteiger partial charge on any atom is 0.338 e. The Hall–Kier alpha value is -4.12. The van der Waals surface area contributed by atoms with E-state index in [2.05, 4.69) is 14.8 Å². The van der Waals surface area contributed by atoms with Crippen molar-refractivity contribution in [2.75, 3.05) is 6.54 Å². The highest BCUT2D eigenvalue weighted by Gasteiger charge is 2.42. The topological polar surface area (TPSA) is 130 Å². The van der Waals surface area contributed by atoms with E-state index in [1.807, 2.05) is 0 Å². The summed E-state index contributed by atoms with van der Waals surface area (Å²) in [5.41, 5.74) is 0.487. The molecule has 4 aromatic rings. The average molecular weight is 681 g/mol. The molecule has 1 fully saturated rings. The molecule has 2 aliphatic heterocycles. The summed E-state index contributed by atoms with van der Waals surface area (Å²) in [6.45, 7) is -1.59. The summed E-state index contributed by atoms with van der Waals surface area (Å²) in [6, 6.07) is 4.87. The Bertz CT molecular complexity index is 2000.